The number of carbonyl (C=O) groups is 1. The van der Waals surface area contributed by atoms with Crippen molar-refractivity contribution in [3.05, 3.63) is 41.5 Å². The maximum atomic E-state index is 12.4. The molecule has 2 bridgehead atoms. The summed E-state index contributed by atoms with van der Waals surface area (Å²) >= 11 is 0. The van der Waals surface area contributed by atoms with Gasteiger partial charge in [-0.1, -0.05) is 55.8 Å². The van der Waals surface area contributed by atoms with Crippen LogP contribution in [0.5, 0.6) is 0 Å². The lowest BCUT2D eigenvalue weighted by atomic mass is 9.67. The summed E-state index contributed by atoms with van der Waals surface area (Å²) < 4.78 is 0. The Bertz CT molecular complexity index is 550. The lowest BCUT2D eigenvalue weighted by molar-refractivity contribution is -0.129. The molecule has 1 aromatic rings. The SMILES string of the molecule is Cc1ccc(C=CCC23CCC(CC2=O)C3(C)C)cc1. The number of carbonyl (C=O) groups excluding carboxylic acids is 1. The molecule has 1 nitrogen and oxygen atoms in total. The van der Waals surface area contributed by atoms with E-state index in [1.807, 2.05) is 0 Å². The highest BCUT2D eigenvalue weighted by molar-refractivity contribution is 5.90. The van der Waals surface area contributed by atoms with Crippen molar-refractivity contribution in [3.63, 3.8) is 0 Å². The van der Waals surface area contributed by atoms with Gasteiger partial charge in [0.2, 0.25) is 0 Å². The quantitative estimate of drug-likeness (QED) is 0.770. The molecule has 0 heterocycles. The molecule has 0 aliphatic heterocycles. The molecule has 2 saturated carbocycles. The van der Waals surface area contributed by atoms with Gasteiger partial charge in [-0.25, -0.2) is 0 Å². The lowest BCUT2D eigenvalue weighted by Gasteiger charge is -2.35. The highest BCUT2D eigenvalue weighted by Gasteiger charge is 2.63. The molecule has 0 N–H and O–H groups in total. The zero-order valence-corrected chi connectivity index (χ0v) is 12.8. The molecule has 3 rings (SSSR count). The fourth-order valence-corrected chi connectivity index (χ4v) is 4.32. The largest absolute Gasteiger partial charge is 0.299 e. The molecule has 2 fully saturated rings. The third kappa shape index (κ3) is 1.87. The molecule has 1 aromatic carbocycles. The maximum Gasteiger partial charge on any atom is 0.140 e. The summed E-state index contributed by atoms with van der Waals surface area (Å²) in [5.41, 5.74) is 2.61. The topological polar surface area (TPSA) is 17.1 Å². The van der Waals surface area contributed by atoms with Gasteiger partial charge in [0.15, 0.2) is 0 Å². The Balaban J connectivity index is 1.77. The molecular weight excluding hydrogens is 244 g/mol. The second kappa shape index (κ2) is 4.58. The van der Waals surface area contributed by atoms with Crippen LogP contribution < -0.4 is 0 Å². The smallest absolute Gasteiger partial charge is 0.140 e. The van der Waals surface area contributed by atoms with Crippen molar-refractivity contribution in [3.8, 4) is 0 Å². The van der Waals surface area contributed by atoms with Gasteiger partial charge in [0.1, 0.15) is 5.78 Å². The molecule has 20 heavy (non-hydrogen) atoms. The molecule has 0 saturated heterocycles. The number of allylic oxidation sites excluding steroid dienone is 1. The zero-order valence-electron chi connectivity index (χ0n) is 12.8. The van der Waals surface area contributed by atoms with Crippen LogP contribution in [-0.2, 0) is 4.79 Å². The third-order valence-electron chi connectivity index (χ3n) is 5.99. The van der Waals surface area contributed by atoms with Crippen molar-refractivity contribution in [1.82, 2.24) is 0 Å². The Labute approximate surface area is 122 Å². The Hall–Kier alpha value is -1.37. The summed E-state index contributed by atoms with van der Waals surface area (Å²) in [7, 11) is 0. The molecule has 0 aromatic heterocycles. The predicted octanol–water partition coefficient (Wildman–Crippen LogP) is 4.79. The molecule has 2 atom stereocenters. The third-order valence-corrected chi connectivity index (χ3v) is 5.99. The number of benzene rings is 1. The predicted molar refractivity (Wildman–Crippen MR) is 83.4 cm³/mol. The minimum Gasteiger partial charge on any atom is -0.299 e. The van der Waals surface area contributed by atoms with Gasteiger partial charge in [-0.3, -0.25) is 4.79 Å². The van der Waals surface area contributed by atoms with Crippen molar-refractivity contribution < 1.29 is 4.79 Å². The lowest BCUT2D eigenvalue weighted by Crippen LogP contribution is -2.35. The van der Waals surface area contributed by atoms with E-state index in [0.29, 0.717) is 11.7 Å². The molecule has 2 aliphatic carbocycles. The van der Waals surface area contributed by atoms with Gasteiger partial charge >= 0.3 is 0 Å². The first-order chi connectivity index (χ1) is 9.46. The summed E-state index contributed by atoms with van der Waals surface area (Å²) in [6.45, 7) is 6.70. The minimum atomic E-state index is -0.0845. The summed E-state index contributed by atoms with van der Waals surface area (Å²) in [6.07, 6.45) is 8.43. The Kier molecular flexibility index (Phi) is 3.12. The number of rotatable bonds is 3. The van der Waals surface area contributed by atoms with Crippen LogP contribution >= 0.6 is 0 Å². The second-order valence-electron chi connectivity index (χ2n) is 7.18. The number of hydrogen-bond acceptors (Lipinski definition) is 1. The van der Waals surface area contributed by atoms with Gasteiger partial charge < -0.3 is 0 Å². The van der Waals surface area contributed by atoms with E-state index >= 15 is 0 Å². The van der Waals surface area contributed by atoms with E-state index in [2.05, 4.69) is 57.2 Å². The molecule has 106 valence electrons. The van der Waals surface area contributed by atoms with Crippen molar-refractivity contribution in [2.24, 2.45) is 16.7 Å². The van der Waals surface area contributed by atoms with E-state index in [-0.39, 0.29) is 10.8 Å². The molecule has 2 aliphatic rings. The van der Waals surface area contributed by atoms with Crippen LogP contribution in [0.25, 0.3) is 6.08 Å². The summed E-state index contributed by atoms with van der Waals surface area (Å²) in [4.78, 5) is 12.4. The second-order valence-corrected chi connectivity index (χ2v) is 7.18. The molecule has 2 unspecified atom stereocenters. The molecule has 0 amide bonds. The Morgan fingerprint density at radius 3 is 2.50 bits per heavy atom. The average molecular weight is 268 g/mol. The van der Waals surface area contributed by atoms with Crippen molar-refractivity contribution in [1.29, 1.82) is 0 Å². The van der Waals surface area contributed by atoms with E-state index in [1.165, 1.54) is 17.5 Å². The average Bonchev–Trinajstić information content (AvgIpc) is 2.75. The van der Waals surface area contributed by atoms with Crippen LogP contribution in [0.3, 0.4) is 0 Å². The summed E-state index contributed by atoms with van der Waals surface area (Å²) in [5.74, 6) is 1.12. The highest BCUT2D eigenvalue weighted by Crippen LogP contribution is 2.65. The number of aryl methyl sites for hydroxylation is 1. The standard InChI is InChI=1S/C19H24O/c1-14-6-8-15(9-7-14)5-4-11-19-12-10-16(13-17(19)20)18(19,2)3/h4-9,16H,10-13H2,1-3H3. The first-order valence-corrected chi connectivity index (χ1v) is 7.72. The van der Waals surface area contributed by atoms with Crippen LogP contribution in [0.2, 0.25) is 0 Å². The van der Waals surface area contributed by atoms with Gasteiger partial charge in [0.25, 0.3) is 0 Å². The Morgan fingerprint density at radius 1 is 1.25 bits per heavy atom. The maximum absolute atomic E-state index is 12.4. The zero-order chi connectivity index (χ0) is 14.4. The van der Waals surface area contributed by atoms with Gasteiger partial charge in [-0.05, 0) is 43.1 Å². The van der Waals surface area contributed by atoms with E-state index in [9.17, 15) is 4.79 Å². The molecule has 0 radical (unpaired) electrons. The molecule has 1 heteroatoms. The van der Waals surface area contributed by atoms with Gasteiger partial charge in [0.05, 0.1) is 0 Å². The number of Topliss-reactive ketones (excluding diaryl/α,β-unsaturated/α-hetero) is 1. The number of fused-ring (bicyclic) bond motifs is 2. The van der Waals surface area contributed by atoms with E-state index in [0.717, 1.165) is 19.3 Å². The van der Waals surface area contributed by atoms with E-state index in [4.69, 9.17) is 0 Å². The minimum absolute atomic E-state index is 0.0845. The number of hydrogen-bond donors (Lipinski definition) is 0. The van der Waals surface area contributed by atoms with Gasteiger partial charge in [0, 0.05) is 11.8 Å². The van der Waals surface area contributed by atoms with Crippen molar-refractivity contribution >= 4 is 11.9 Å². The van der Waals surface area contributed by atoms with Crippen LogP contribution in [-0.4, -0.2) is 5.78 Å². The highest BCUT2D eigenvalue weighted by atomic mass is 16.1. The first kappa shape index (κ1) is 13.6. The van der Waals surface area contributed by atoms with Crippen molar-refractivity contribution in [2.75, 3.05) is 0 Å². The van der Waals surface area contributed by atoms with Crippen molar-refractivity contribution in [2.45, 2.75) is 46.5 Å². The fourth-order valence-electron chi connectivity index (χ4n) is 4.32. The van der Waals surface area contributed by atoms with Gasteiger partial charge in [-0.15, -0.1) is 0 Å². The molecular formula is C19H24O. The Morgan fingerprint density at radius 2 is 1.95 bits per heavy atom. The number of ketones is 1. The van der Waals surface area contributed by atoms with Crippen LogP contribution in [0.4, 0.5) is 0 Å². The summed E-state index contributed by atoms with van der Waals surface area (Å²) in [5, 5.41) is 0. The normalized spacial score (nSPS) is 31.4. The van der Waals surface area contributed by atoms with E-state index < -0.39 is 0 Å². The van der Waals surface area contributed by atoms with E-state index in [1.54, 1.807) is 0 Å². The fraction of sp³-hybridized carbons (Fsp3) is 0.526. The van der Waals surface area contributed by atoms with Crippen LogP contribution in [0.1, 0.15) is 50.7 Å². The molecule has 0 spiro atoms. The van der Waals surface area contributed by atoms with Gasteiger partial charge in [-0.2, -0.15) is 0 Å². The van der Waals surface area contributed by atoms with Crippen LogP contribution in [0.15, 0.2) is 30.3 Å². The summed E-state index contributed by atoms with van der Waals surface area (Å²) in [6, 6.07) is 8.55. The first-order valence-electron chi connectivity index (χ1n) is 7.72. The van der Waals surface area contributed by atoms with Crippen LogP contribution in [0, 0.1) is 23.7 Å². The monoisotopic (exact) mass is 268 g/mol.